The van der Waals surface area contributed by atoms with Crippen molar-refractivity contribution >= 4 is 26.9 Å². The zero-order valence-corrected chi connectivity index (χ0v) is 15.9. The highest BCUT2D eigenvalue weighted by Gasteiger charge is 2.56. The SMILES string of the molecule is O=C1NC(CCCCCCCC(F)(F)C(F)(F)F)=NC12CCNCC2=S(=O)=O. The number of nitrogens with one attached hydrogen (secondary N) is 2. The molecule has 6 nitrogen and oxygen atoms in total. The van der Waals surface area contributed by atoms with Gasteiger partial charge in [0.15, 0.2) is 5.54 Å². The van der Waals surface area contributed by atoms with E-state index in [4.69, 9.17) is 0 Å². The minimum absolute atomic E-state index is 0.00292. The maximum atomic E-state index is 12.8. The van der Waals surface area contributed by atoms with Gasteiger partial charge in [0.05, 0.1) is 0 Å². The fourth-order valence-electron chi connectivity index (χ4n) is 3.29. The lowest BCUT2D eigenvalue weighted by Crippen LogP contribution is -2.55. The van der Waals surface area contributed by atoms with Gasteiger partial charge in [-0.05, 0) is 25.8 Å². The topological polar surface area (TPSA) is 87.6 Å². The Morgan fingerprint density at radius 3 is 2.32 bits per heavy atom. The summed E-state index contributed by atoms with van der Waals surface area (Å²) >= 11 is 0. The van der Waals surface area contributed by atoms with Crippen LogP contribution >= 0.6 is 0 Å². The third-order valence-electron chi connectivity index (χ3n) is 4.89. The fourth-order valence-corrected chi connectivity index (χ4v) is 4.02. The Balaban J connectivity index is 1.77. The molecule has 2 aliphatic rings. The Morgan fingerprint density at radius 1 is 1.04 bits per heavy atom. The average molecular weight is 431 g/mol. The quantitative estimate of drug-likeness (QED) is 0.351. The minimum atomic E-state index is -5.51. The number of carbonyl (C=O) groups is 1. The molecule has 0 aromatic carbocycles. The van der Waals surface area contributed by atoms with Crippen LogP contribution in [0.4, 0.5) is 22.0 Å². The molecule has 2 N–H and O–H groups in total. The first-order chi connectivity index (χ1) is 13.0. The van der Waals surface area contributed by atoms with E-state index >= 15 is 0 Å². The summed E-state index contributed by atoms with van der Waals surface area (Å²) in [6, 6.07) is 0. The van der Waals surface area contributed by atoms with Crippen LogP contribution in [0.2, 0.25) is 0 Å². The van der Waals surface area contributed by atoms with Crippen molar-refractivity contribution in [3.05, 3.63) is 0 Å². The van der Waals surface area contributed by atoms with Crippen LogP contribution in [0.25, 0.3) is 0 Å². The Morgan fingerprint density at radius 2 is 1.68 bits per heavy atom. The molecule has 2 heterocycles. The van der Waals surface area contributed by atoms with Crippen LogP contribution in [0.3, 0.4) is 0 Å². The van der Waals surface area contributed by atoms with Crippen molar-refractivity contribution in [2.75, 3.05) is 13.1 Å². The summed E-state index contributed by atoms with van der Waals surface area (Å²) in [5, 5.41) is 5.49. The van der Waals surface area contributed by atoms with Crippen LogP contribution in [0, 0.1) is 0 Å². The lowest BCUT2D eigenvalue weighted by atomic mass is 9.89. The van der Waals surface area contributed by atoms with E-state index in [9.17, 15) is 35.2 Å². The molecule has 0 aromatic rings. The first-order valence-corrected chi connectivity index (χ1v) is 10.1. The van der Waals surface area contributed by atoms with Crippen molar-refractivity contribution in [2.24, 2.45) is 4.99 Å². The summed E-state index contributed by atoms with van der Waals surface area (Å²) in [6.45, 7) is 0.510. The third kappa shape index (κ3) is 5.07. The number of amidine groups is 1. The molecule has 1 fully saturated rings. The van der Waals surface area contributed by atoms with Crippen molar-refractivity contribution < 1.29 is 35.2 Å². The van der Waals surface area contributed by atoms with Gasteiger partial charge in [0, 0.05) is 19.4 Å². The van der Waals surface area contributed by atoms with Crippen LogP contribution in [0.1, 0.15) is 51.4 Å². The summed E-state index contributed by atoms with van der Waals surface area (Å²) in [6.07, 6.45) is -4.50. The standard InChI is InChI=1S/C16H22F5N3O3S/c17-15(18,16(19,20)21)7-5-3-1-2-4-6-12-23-13(25)14(24-12)8-9-22-10-11(14)28(26)27/h22H,1-10H2,(H,23,24,25). The Labute approximate surface area is 160 Å². The maximum Gasteiger partial charge on any atom is 0.453 e. The van der Waals surface area contributed by atoms with Crippen LogP contribution in [-0.4, -0.2) is 55.8 Å². The van der Waals surface area contributed by atoms with Crippen molar-refractivity contribution in [2.45, 2.75) is 69.0 Å². The third-order valence-corrected chi connectivity index (χ3v) is 5.77. The van der Waals surface area contributed by atoms with Gasteiger partial charge in [0.1, 0.15) is 10.7 Å². The van der Waals surface area contributed by atoms with Gasteiger partial charge in [-0.15, -0.1) is 0 Å². The van der Waals surface area contributed by atoms with Gasteiger partial charge in [-0.2, -0.15) is 30.4 Å². The van der Waals surface area contributed by atoms with Gasteiger partial charge in [-0.1, -0.05) is 19.3 Å². The molecule has 0 radical (unpaired) electrons. The molecule has 0 aromatic heterocycles. The molecule has 0 saturated carbocycles. The number of aliphatic imine (C=N–C) groups is 1. The molecule has 160 valence electrons. The zero-order chi connectivity index (χ0) is 21.0. The number of carbonyl (C=O) groups excluding carboxylic acids is 1. The second-order valence-electron chi connectivity index (χ2n) is 6.93. The smallest absolute Gasteiger partial charge is 0.312 e. The first kappa shape index (κ1) is 22.7. The van der Waals surface area contributed by atoms with Crippen molar-refractivity contribution in [3.63, 3.8) is 0 Å². The molecule has 12 heteroatoms. The second kappa shape index (κ2) is 8.85. The van der Waals surface area contributed by atoms with Gasteiger partial charge in [-0.25, -0.2) is 0 Å². The highest BCUT2D eigenvalue weighted by molar-refractivity contribution is 7.73. The Bertz CT molecular complexity index is 756. The average Bonchev–Trinajstić information content (AvgIpc) is 2.89. The van der Waals surface area contributed by atoms with Crippen molar-refractivity contribution in [1.29, 1.82) is 0 Å². The molecule has 2 aliphatic heterocycles. The molecular formula is C16H22F5N3O3S. The van der Waals surface area contributed by atoms with Gasteiger partial charge in [-0.3, -0.25) is 9.79 Å². The van der Waals surface area contributed by atoms with Crippen LogP contribution in [0.15, 0.2) is 4.99 Å². The van der Waals surface area contributed by atoms with Gasteiger partial charge in [0.25, 0.3) is 5.91 Å². The maximum absolute atomic E-state index is 12.8. The molecular weight excluding hydrogens is 409 g/mol. The lowest BCUT2D eigenvalue weighted by molar-refractivity contribution is -0.284. The lowest BCUT2D eigenvalue weighted by Gasteiger charge is -2.28. The van der Waals surface area contributed by atoms with E-state index in [2.05, 4.69) is 15.6 Å². The molecule has 0 aliphatic carbocycles. The number of hydrogen-bond donors (Lipinski definition) is 2. The zero-order valence-electron chi connectivity index (χ0n) is 15.0. The molecule has 2 rings (SSSR count). The van der Waals surface area contributed by atoms with Gasteiger partial charge in [0.2, 0.25) is 10.3 Å². The number of alkyl halides is 5. The van der Waals surface area contributed by atoms with Gasteiger partial charge < -0.3 is 10.6 Å². The van der Waals surface area contributed by atoms with E-state index < -0.39 is 40.3 Å². The molecule has 0 bridgehead atoms. The molecule has 1 atom stereocenters. The largest absolute Gasteiger partial charge is 0.453 e. The summed E-state index contributed by atoms with van der Waals surface area (Å²) in [7, 11) is -2.55. The first-order valence-electron chi connectivity index (χ1n) is 9.01. The van der Waals surface area contributed by atoms with Crippen LogP contribution < -0.4 is 10.6 Å². The minimum Gasteiger partial charge on any atom is -0.312 e. The monoisotopic (exact) mass is 431 g/mol. The van der Waals surface area contributed by atoms with E-state index in [0.29, 0.717) is 38.1 Å². The van der Waals surface area contributed by atoms with E-state index in [1.54, 1.807) is 0 Å². The number of piperidine rings is 1. The highest BCUT2D eigenvalue weighted by Crippen LogP contribution is 2.39. The molecule has 28 heavy (non-hydrogen) atoms. The predicted molar refractivity (Wildman–Crippen MR) is 93.0 cm³/mol. The number of hydrogen-bond acceptors (Lipinski definition) is 5. The molecule has 1 amide bonds. The normalized spacial score (nSPS) is 23.1. The van der Waals surface area contributed by atoms with Crippen molar-refractivity contribution in [1.82, 2.24) is 10.6 Å². The van der Waals surface area contributed by atoms with Crippen LogP contribution in [-0.2, 0) is 15.1 Å². The highest BCUT2D eigenvalue weighted by atomic mass is 32.2. The fraction of sp³-hybridized carbons (Fsp3) is 0.812. The van der Waals surface area contributed by atoms with E-state index in [-0.39, 0.29) is 30.7 Å². The summed E-state index contributed by atoms with van der Waals surface area (Å²) in [4.78, 5) is 16.6. The van der Waals surface area contributed by atoms with Gasteiger partial charge >= 0.3 is 12.1 Å². The van der Waals surface area contributed by atoms with E-state index in [1.165, 1.54) is 0 Å². The summed E-state index contributed by atoms with van der Waals surface area (Å²) < 4.78 is 84.5. The van der Waals surface area contributed by atoms with E-state index in [1.807, 2.05) is 0 Å². The molecule has 1 spiro atoms. The predicted octanol–water partition coefficient (Wildman–Crippen LogP) is 2.23. The number of rotatable bonds is 8. The molecule has 1 saturated heterocycles. The van der Waals surface area contributed by atoms with Crippen LogP contribution in [0.5, 0.6) is 0 Å². The van der Waals surface area contributed by atoms with Crippen molar-refractivity contribution in [3.8, 4) is 0 Å². The number of amides is 1. The summed E-state index contributed by atoms with van der Waals surface area (Å²) in [5.74, 6) is -4.76. The number of unbranched alkanes of at least 4 members (excludes halogenated alkanes) is 4. The second-order valence-corrected chi connectivity index (χ2v) is 7.89. The van der Waals surface area contributed by atoms with E-state index in [0.717, 1.165) is 0 Å². The summed E-state index contributed by atoms with van der Waals surface area (Å²) in [5.41, 5.74) is -1.39. The Kier molecular flexibility index (Phi) is 7.18. The number of halogens is 5. The number of nitrogens with zero attached hydrogens (tertiary/aromatic N) is 1. The Hall–Kier alpha value is -1.56. The molecule has 1 unspecified atom stereocenters.